The molecule has 1 saturated heterocycles. The van der Waals surface area contributed by atoms with E-state index in [0.29, 0.717) is 0 Å². The van der Waals surface area contributed by atoms with Gasteiger partial charge in [-0.1, -0.05) is 19.1 Å². The van der Waals surface area contributed by atoms with E-state index in [1.54, 1.807) is 0 Å². The average Bonchev–Trinajstić information content (AvgIpc) is 2.65. The van der Waals surface area contributed by atoms with E-state index < -0.39 is 0 Å². The Morgan fingerprint density at radius 3 is 2.80 bits per heavy atom. The molecule has 0 radical (unpaired) electrons. The average molecular weight is 203 g/mol. The summed E-state index contributed by atoms with van der Waals surface area (Å²) in [4.78, 5) is 2.32. The summed E-state index contributed by atoms with van der Waals surface area (Å²) in [7, 11) is 0. The maximum Gasteiger partial charge on any atom is 0.124 e. The summed E-state index contributed by atoms with van der Waals surface area (Å²) in [5.74, 6) is 0.898. The molecule has 1 heterocycles. The minimum atomic E-state index is 0.158. The summed E-state index contributed by atoms with van der Waals surface area (Å²) in [6, 6.07) is 7.90. The third-order valence-corrected chi connectivity index (χ3v) is 2.96. The van der Waals surface area contributed by atoms with Crippen LogP contribution in [-0.2, 0) is 0 Å². The van der Waals surface area contributed by atoms with E-state index in [0.717, 1.165) is 30.3 Å². The molecule has 0 aromatic heterocycles. The first kappa shape index (κ1) is 10.0. The molecule has 3 nitrogen and oxygen atoms in total. The van der Waals surface area contributed by atoms with Crippen LogP contribution in [0.25, 0.3) is 0 Å². The van der Waals surface area contributed by atoms with Crippen LogP contribution in [0.5, 0.6) is 0 Å². The molecule has 0 spiro atoms. The third-order valence-electron chi connectivity index (χ3n) is 2.96. The first-order valence-corrected chi connectivity index (χ1v) is 5.37. The molecule has 1 aliphatic rings. The van der Waals surface area contributed by atoms with Crippen LogP contribution in [0.1, 0.15) is 18.9 Å². The lowest BCUT2D eigenvalue weighted by molar-refractivity contribution is 0.659. The van der Waals surface area contributed by atoms with Gasteiger partial charge >= 0.3 is 0 Å². The summed E-state index contributed by atoms with van der Waals surface area (Å²) >= 11 is 0. The quantitative estimate of drug-likeness (QED) is 0.569. The molecule has 15 heavy (non-hydrogen) atoms. The summed E-state index contributed by atoms with van der Waals surface area (Å²) in [5.41, 5.74) is 7.53. The molecule has 0 amide bonds. The van der Waals surface area contributed by atoms with E-state index in [9.17, 15) is 0 Å². The van der Waals surface area contributed by atoms with Gasteiger partial charge in [-0.25, -0.2) is 0 Å². The molecule has 2 rings (SSSR count). The van der Waals surface area contributed by atoms with Crippen molar-refractivity contribution in [1.29, 1.82) is 5.41 Å². The molecule has 80 valence electrons. The summed E-state index contributed by atoms with van der Waals surface area (Å²) in [5, 5.41) is 7.54. The minimum Gasteiger partial charge on any atom is -0.384 e. The molecule has 0 aliphatic carbocycles. The van der Waals surface area contributed by atoms with Gasteiger partial charge in [0.2, 0.25) is 0 Å². The van der Waals surface area contributed by atoms with Crippen molar-refractivity contribution in [3.8, 4) is 0 Å². The zero-order valence-corrected chi connectivity index (χ0v) is 9.03. The van der Waals surface area contributed by atoms with E-state index in [1.807, 2.05) is 18.2 Å². The lowest BCUT2D eigenvalue weighted by Crippen LogP contribution is -2.23. The van der Waals surface area contributed by atoms with Gasteiger partial charge in [-0.3, -0.25) is 5.41 Å². The van der Waals surface area contributed by atoms with E-state index in [4.69, 9.17) is 11.1 Å². The highest BCUT2D eigenvalue weighted by molar-refractivity contribution is 6.00. The standard InChI is InChI=1S/C12H17N3/c1-9-6-7-15(8-9)11-5-3-2-4-10(11)12(13)14/h2-5,9H,6-8H2,1H3,(H3,13,14). The molecular weight excluding hydrogens is 186 g/mol. The van der Waals surface area contributed by atoms with Crippen LogP contribution in [-0.4, -0.2) is 18.9 Å². The molecule has 3 heteroatoms. The van der Waals surface area contributed by atoms with E-state index in [1.165, 1.54) is 6.42 Å². The van der Waals surface area contributed by atoms with Crippen molar-refractivity contribution < 1.29 is 0 Å². The Labute approximate surface area is 90.4 Å². The van der Waals surface area contributed by atoms with Gasteiger partial charge in [-0.2, -0.15) is 0 Å². The number of para-hydroxylation sites is 1. The predicted molar refractivity (Wildman–Crippen MR) is 63.5 cm³/mol. The third kappa shape index (κ3) is 1.96. The highest BCUT2D eigenvalue weighted by atomic mass is 15.2. The van der Waals surface area contributed by atoms with Crippen molar-refractivity contribution >= 4 is 11.5 Å². The van der Waals surface area contributed by atoms with Gasteiger partial charge in [-0.05, 0) is 24.5 Å². The fraction of sp³-hybridized carbons (Fsp3) is 0.417. The van der Waals surface area contributed by atoms with Crippen molar-refractivity contribution in [3.63, 3.8) is 0 Å². The second-order valence-electron chi connectivity index (χ2n) is 4.27. The maximum absolute atomic E-state index is 7.54. The number of nitrogens with zero attached hydrogens (tertiary/aromatic N) is 1. The van der Waals surface area contributed by atoms with Gasteiger partial charge in [0.15, 0.2) is 0 Å². The number of nitrogen functional groups attached to an aromatic ring is 1. The molecular formula is C12H17N3. The van der Waals surface area contributed by atoms with Crippen molar-refractivity contribution in [3.05, 3.63) is 29.8 Å². The van der Waals surface area contributed by atoms with Gasteiger partial charge in [0.1, 0.15) is 5.84 Å². The molecule has 1 aromatic carbocycles. The number of hydrogen-bond acceptors (Lipinski definition) is 2. The smallest absolute Gasteiger partial charge is 0.124 e. The number of nitrogens with two attached hydrogens (primary N) is 1. The Morgan fingerprint density at radius 2 is 2.20 bits per heavy atom. The number of hydrogen-bond donors (Lipinski definition) is 2. The summed E-state index contributed by atoms with van der Waals surface area (Å²) in [6.07, 6.45) is 1.23. The SMILES string of the molecule is CC1CCN(c2ccccc2C(=N)N)C1. The largest absolute Gasteiger partial charge is 0.384 e. The van der Waals surface area contributed by atoms with Crippen LogP contribution in [0.2, 0.25) is 0 Å². The zero-order valence-electron chi connectivity index (χ0n) is 9.03. The first-order chi connectivity index (χ1) is 7.18. The number of amidine groups is 1. The summed E-state index contributed by atoms with van der Waals surface area (Å²) < 4.78 is 0. The molecule has 1 atom stereocenters. The monoisotopic (exact) mass is 203 g/mol. The lowest BCUT2D eigenvalue weighted by Gasteiger charge is -2.21. The number of benzene rings is 1. The topological polar surface area (TPSA) is 53.1 Å². The van der Waals surface area contributed by atoms with Crippen LogP contribution < -0.4 is 10.6 Å². The van der Waals surface area contributed by atoms with Crippen LogP contribution in [0.15, 0.2) is 24.3 Å². The lowest BCUT2D eigenvalue weighted by atomic mass is 10.1. The van der Waals surface area contributed by atoms with Crippen molar-refractivity contribution in [1.82, 2.24) is 0 Å². The Kier molecular flexibility index (Phi) is 2.62. The van der Waals surface area contributed by atoms with Crippen LogP contribution >= 0.6 is 0 Å². The highest BCUT2D eigenvalue weighted by Gasteiger charge is 2.21. The number of nitrogens with one attached hydrogen (secondary N) is 1. The second kappa shape index (κ2) is 3.93. The van der Waals surface area contributed by atoms with Crippen molar-refractivity contribution in [2.45, 2.75) is 13.3 Å². The minimum absolute atomic E-state index is 0.158. The van der Waals surface area contributed by atoms with Gasteiger partial charge in [-0.15, -0.1) is 0 Å². The van der Waals surface area contributed by atoms with Gasteiger partial charge in [0.05, 0.1) is 0 Å². The molecule has 0 saturated carbocycles. The van der Waals surface area contributed by atoms with Crippen molar-refractivity contribution in [2.75, 3.05) is 18.0 Å². The summed E-state index contributed by atoms with van der Waals surface area (Å²) in [6.45, 7) is 4.41. The highest BCUT2D eigenvalue weighted by Crippen LogP contribution is 2.26. The van der Waals surface area contributed by atoms with Crippen molar-refractivity contribution in [2.24, 2.45) is 11.7 Å². The Balaban J connectivity index is 2.31. The molecule has 3 N–H and O–H groups in total. The Bertz CT molecular complexity index is 373. The molecule has 1 aliphatic heterocycles. The Hall–Kier alpha value is -1.51. The fourth-order valence-electron chi connectivity index (χ4n) is 2.13. The zero-order chi connectivity index (χ0) is 10.8. The molecule has 1 aromatic rings. The van der Waals surface area contributed by atoms with E-state index in [2.05, 4.69) is 17.9 Å². The predicted octanol–water partition coefficient (Wildman–Crippen LogP) is 1.82. The van der Waals surface area contributed by atoms with Crippen LogP contribution in [0, 0.1) is 11.3 Å². The number of rotatable bonds is 2. The number of anilines is 1. The van der Waals surface area contributed by atoms with E-state index >= 15 is 0 Å². The van der Waals surface area contributed by atoms with Gasteiger partial charge in [0.25, 0.3) is 0 Å². The molecule has 0 bridgehead atoms. The van der Waals surface area contributed by atoms with Gasteiger partial charge < -0.3 is 10.6 Å². The Morgan fingerprint density at radius 1 is 1.47 bits per heavy atom. The van der Waals surface area contributed by atoms with Gasteiger partial charge in [0, 0.05) is 24.3 Å². The fourth-order valence-corrected chi connectivity index (χ4v) is 2.13. The maximum atomic E-state index is 7.54. The van der Waals surface area contributed by atoms with Crippen LogP contribution in [0.4, 0.5) is 5.69 Å². The van der Waals surface area contributed by atoms with Crippen LogP contribution in [0.3, 0.4) is 0 Å². The molecule has 1 fully saturated rings. The first-order valence-electron chi connectivity index (χ1n) is 5.37. The van der Waals surface area contributed by atoms with E-state index in [-0.39, 0.29) is 5.84 Å². The molecule has 1 unspecified atom stereocenters. The normalized spacial score (nSPS) is 20.6. The second-order valence-corrected chi connectivity index (χ2v) is 4.27.